The molecule has 1 fully saturated rings. The fourth-order valence-electron chi connectivity index (χ4n) is 2.13. The lowest BCUT2D eigenvalue weighted by Gasteiger charge is -2.12. The minimum Gasteiger partial charge on any atom is -0.406 e. The molecular formula is C12H22N4O2. The summed E-state index contributed by atoms with van der Waals surface area (Å²) in [5.74, 6) is 0.960. The van der Waals surface area contributed by atoms with Gasteiger partial charge in [0.25, 0.3) is 0 Å². The van der Waals surface area contributed by atoms with E-state index in [-0.39, 0.29) is 12.6 Å². The maximum Gasteiger partial charge on any atom is 0.318 e. The highest BCUT2D eigenvalue weighted by Crippen LogP contribution is 2.23. The summed E-state index contributed by atoms with van der Waals surface area (Å²) in [5.41, 5.74) is 0. The molecule has 0 radical (unpaired) electrons. The van der Waals surface area contributed by atoms with Crippen LogP contribution < -0.4 is 10.2 Å². The van der Waals surface area contributed by atoms with E-state index < -0.39 is 0 Å². The van der Waals surface area contributed by atoms with Gasteiger partial charge in [-0.25, -0.2) is 0 Å². The van der Waals surface area contributed by atoms with Crippen LogP contribution in [-0.2, 0) is 0 Å². The molecule has 6 heteroatoms. The van der Waals surface area contributed by atoms with Crippen molar-refractivity contribution in [3.05, 3.63) is 5.89 Å². The van der Waals surface area contributed by atoms with E-state index in [1.54, 1.807) is 0 Å². The van der Waals surface area contributed by atoms with E-state index in [1.165, 1.54) is 0 Å². The molecule has 6 nitrogen and oxygen atoms in total. The Hall–Kier alpha value is -1.14. The number of rotatable bonds is 6. The molecule has 2 rings (SSSR count). The van der Waals surface area contributed by atoms with E-state index >= 15 is 0 Å². The molecule has 2 atom stereocenters. The van der Waals surface area contributed by atoms with Gasteiger partial charge in [-0.1, -0.05) is 12.0 Å². The number of aliphatic hydroxyl groups excluding tert-OH is 1. The summed E-state index contributed by atoms with van der Waals surface area (Å²) in [6, 6.07) is 0.661. The van der Waals surface area contributed by atoms with Crippen LogP contribution in [0, 0.1) is 5.92 Å². The molecule has 102 valence electrons. The molecular weight excluding hydrogens is 232 g/mol. The lowest BCUT2D eigenvalue weighted by atomic mass is 10.1. The molecule has 0 bridgehead atoms. The smallest absolute Gasteiger partial charge is 0.318 e. The summed E-state index contributed by atoms with van der Waals surface area (Å²) in [4.78, 5) is 2.05. The summed E-state index contributed by atoms with van der Waals surface area (Å²) in [5, 5.41) is 20.6. The monoisotopic (exact) mass is 254 g/mol. The molecule has 1 saturated heterocycles. The van der Waals surface area contributed by atoms with Crippen molar-refractivity contribution in [1.82, 2.24) is 15.5 Å². The van der Waals surface area contributed by atoms with Gasteiger partial charge in [0.05, 0.1) is 6.04 Å². The summed E-state index contributed by atoms with van der Waals surface area (Å²) >= 11 is 0. The fourth-order valence-corrected chi connectivity index (χ4v) is 2.13. The number of hydrogen-bond donors (Lipinski definition) is 2. The summed E-state index contributed by atoms with van der Waals surface area (Å²) in [7, 11) is 0. The molecule has 0 saturated carbocycles. The van der Waals surface area contributed by atoms with Gasteiger partial charge in [-0.15, -0.1) is 5.10 Å². The number of nitrogens with zero attached hydrogens (tertiary/aromatic N) is 3. The molecule has 1 aromatic heterocycles. The number of anilines is 1. The number of hydrogen-bond acceptors (Lipinski definition) is 6. The second-order valence-corrected chi connectivity index (χ2v) is 4.88. The van der Waals surface area contributed by atoms with E-state index in [2.05, 4.69) is 22.4 Å². The Morgan fingerprint density at radius 1 is 1.56 bits per heavy atom. The first-order valence-corrected chi connectivity index (χ1v) is 6.67. The van der Waals surface area contributed by atoms with Crippen molar-refractivity contribution >= 4 is 6.01 Å². The van der Waals surface area contributed by atoms with Gasteiger partial charge in [0.15, 0.2) is 0 Å². The summed E-state index contributed by atoms with van der Waals surface area (Å²) < 4.78 is 5.68. The van der Waals surface area contributed by atoms with Crippen molar-refractivity contribution in [3.8, 4) is 0 Å². The maximum atomic E-state index is 9.12. The molecule has 0 aliphatic carbocycles. The highest BCUT2D eigenvalue weighted by molar-refractivity contribution is 5.26. The zero-order valence-corrected chi connectivity index (χ0v) is 11.1. The van der Waals surface area contributed by atoms with Crippen LogP contribution in [0.5, 0.6) is 0 Å². The fraction of sp³-hybridized carbons (Fsp3) is 0.833. The molecule has 2 unspecified atom stereocenters. The SMILES string of the molecule is CCCNC(C)c1nnc(N2CCC(CO)C2)o1. The van der Waals surface area contributed by atoms with Crippen LogP contribution in [0.25, 0.3) is 0 Å². The maximum absolute atomic E-state index is 9.12. The van der Waals surface area contributed by atoms with Gasteiger partial charge in [-0.2, -0.15) is 0 Å². The van der Waals surface area contributed by atoms with Crippen LogP contribution in [0.3, 0.4) is 0 Å². The first-order valence-electron chi connectivity index (χ1n) is 6.67. The van der Waals surface area contributed by atoms with Crippen LogP contribution in [0.1, 0.15) is 38.6 Å². The quantitative estimate of drug-likeness (QED) is 0.787. The molecule has 2 heterocycles. The van der Waals surface area contributed by atoms with Crippen LogP contribution in [-0.4, -0.2) is 41.5 Å². The van der Waals surface area contributed by atoms with Crippen molar-refractivity contribution in [2.45, 2.75) is 32.7 Å². The third-order valence-corrected chi connectivity index (χ3v) is 3.32. The van der Waals surface area contributed by atoms with E-state index in [4.69, 9.17) is 9.52 Å². The summed E-state index contributed by atoms with van der Waals surface area (Å²) in [6.45, 7) is 6.99. The van der Waals surface area contributed by atoms with Crippen LogP contribution in [0.15, 0.2) is 4.42 Å². The Morgan fingerprint density at radius 2 is 2.39 bits per heavy atom. The average molecular weight is 254 g/mol. The van der Waals surface area contributed by atoms with Crippen LogP contribution in [0.2, 0.25) is 0 Å². The van der Waals surface area contributed by atoms with Gasteiger partial charge in [-0.05, 0) is 26.3 Å². The Balaban J connectivity index is 1.93. The third-order valence-electron chi connectivity index (χ3n) is 3.32. The second-order valence-electron chi connectivity index (χ2n) is 4.88. The Bertz CT molecular complexity index is 369. The molecule has 0 aromatic carbocycles. The van der Waals surface area contributed by atoms with Gasteiger partial charge in [0.2, 0.25) is 5.89 Å². The molecule has 1 aliphatic rings. The Morgan fingerprint density at radius 3 is 3.06 bits per heavy atom. The summed E-state index contributed by atoms with van der Waals surface area (Å²) in [6.07, 6.45) is 2.06. The molecule has 0 spiro atoms. The predicted molar refractivity (Wildman–Crippen MR) is 68.4 cm³/mol. The minimum absolute atomic E-state index is 0.0856. The van der Waals surface area contributed by atoms with Crippen molar-refractivity contribution in [2.24, 2.45) is 5.92 Å². The van der Waals surface area contributed by atoms with Gasteiger partial charge in [-0.3, -0.25) is 0 Å². The van der Waals surface area contributed by atoms with Gasteiger partial charge < -0.3 is 19.7 Å². The van der Waals surface area contributed by atoms with E-state index in [0.717, 1.165) is 32.5 Å². The Labute approximate surface area is 107 Å². The normalized spacial score (nSPS) is 21.5. The highest BCUT2D eigenvalue weighted by atomic mass is 16.4. The van der Waals surface area contributed by atoms with Crippen molar-refractivity contribution in [1.29, 1.82) is 0 Å². The van der Waals surface area contributed by atoms with E-state index in [0.29, 0.717) is 17.8 Å². The molecule has 18 heavy (non-hydrogen) atoms. The number of aromatic nitrogens is 2. The Kier molecular flexibility index (Phi) is 4.54. The zero-order chi connectivity index (χ0) is 13.0. The van der Waals surface area contributed by atoms with Crippen molar-refractivity contribution in [2.75, 3.05) is 31.1 Å². The second kappa shape index (κ2) is 6.15. The molecule has 0 amide bonds. The average Bonchev–Trinajstić information content (AvgIpc) is 3.03. The van der Waals surface area contributed by atoms with E-state index in [9.17, 15) is 0 Å². The molecule has 1 aliphatic heterocycles. The lowest BCUT2D eigenvalue weighted by molar-refractivity contribution is 0.238. The largest absolute Gasteiger partial charge is 0.406 e. The van der Waals surface area contributed by atoms with Gasteiger partial charge in [0.1, 0.15) is 0 Å². The molecule has 1 aromatic rings. The first kappa shape index (κ1) is 13.3. The van der Waals surface area contributed by atoms with Crippen molar-refractivity contribution < 1.29 is 9.52 Å². The standard InChI is InChI=1S/C12H22N4O2/c1-3-5-13-9(2)11-14-15-12(18-11)16-6-4-10(7-16)8-17/h9-10,13,17H,3-8H2,1-2H3. The first-order chi connectivity index (χ1) is 8.74. The van der Waals surface area contributed by atoms with Gasteiger partial charge >= 0.3 is 6.01 Å². The third kappa shape index (κ3) is 3.00. The zero-order valence-electron chi connectivity index (χ0n) is 11.1. The predicted octanol–water partition coefficient (Wildman–Crippen LogP) is 0.949. The lowest BCUT2D eigenvalue weighted by Crippen LogP contribution is -2.21. The van der Waals surface area contributed by atoms with Gasteiger partial charge in [0, 0.05) is 25.6 Å². The highest BCUT2D eigenvalue weighted by Gasteiger charge is 2.26. The van der Waals surface area contributed by atoms with Crippen molar-refractivity contribution in [3.63, 3.8) is 0 Å². The topological polar surface area (TPSA) is 74.4 Å². The van der Waals surface area contributed by atoms with E-state index in [1.807, 2.05) is 11.8 Å². The van der Waals surface area contributed by atoms with Crippen LogP contribution in [0.4, 0.5) is 6.01 Å². The number of nitrogens with one attached hydrogen (secondary N) is 1. The van der Waals surface area contributed by atoms with Crippen LogP contribution >= 0.6 is 0 Å². The molecule has 2 N–H and O–H groups in total. The number of aliphatic hydroxyl groups is 1. The minimum atomic E-state index is 0.0856.